The van der Waals surface area contributed by atoms with Crippen molar-refractivity contribution in [1.82, 2.24) is 10.6 Å². The number of thioether (sulfide) groups is 1. The van der Waals surface area contributed by atoms with Crippen LogP contribution in [0.4, 0.5) is 4.79 Å². The van der Waals surface area contributed by atoms with Crippen molar-refractivity contribution in [2.75, 3.05) is 5.75 Å². The van der Waals surface area contributed by atoms with Gasteiger partial charge >= 0.3 is 6.03 Å². The van der Waals surface area contributed by atoms with Crippen LogP contribution in [0.25, 0.3) is 0 Å². The Morgan fingerprint density at radius 2 is 2.60 bits per heavy atom. The van der Waals surface area contributed by atoms with Crippen LogP contribution in [-0.4, -0.2) is 17.2 Å². The molecule has 0 radical (unpaired) electrons. The molecule has 1 heterocycles. The van der Waals surface area contributed by atoms with Crippen LogP contribution in [0.5, 0.6) is 0 Å². The van der Waals surface area contributed by atoms with Crippen molar-refractivity contribution in [1.29, 1.82) is 0 Å². The largest absolute Gasteiger partial charge is 0.323 e. The standard InChI is InChI=1S/C6H10N2OS/c1-2-10-5-3-4-7-6(9)8-5/h3-5H,2H2,1H3,(H2,7,8,9). The van der Waals surface area contributed by atoms with Crippen molar-refractivity contribution < 1.29 is 4.79 Å². The van der Waals surface area contributed by atoms with E-state index in [1.807, 2.05) is 6.08 Å². The summed E-state index contributed by atoms with van der Waals surface area (Å²) >= 11 is 1.70. The molecule has 0 spiro atoms. The first kappa shape index (κ1) is 7.47. The van der Waals surface area contributed by atoms with Crippen LogP contribution in [0.1, 0.15) is 6.92 Å². The van der Waals surface area contributed by atoms with Gasteiger partial charge in [-0.15, -0.1) is 11.8 Å². The van der Waals surface area contributed by atoms with Crippen molar-refractivity contribution in [3.63, 3.8) is 0 Å². The lowest BCUT2D eigenvalue weighted by molar-refractivity contribution is 0.243. The average Bonchev–Trinajstić information content (AvgIpc) is 1.88. The highest BCUT2D eigenvalue weighted by molar-refractivity contribution is 8.00. The van der Waals surface area contributed by atoms with Gasteiger partial charge < -0.3 is 10.6 Å². The Labute approximate surface area is 64.3 Å². The summed E-state index contributed by atoms with van der Waals surface area (Å²) in [5.74, 6) is 1.01. The van der Waals surface area contributed by atoms with Gasteiger partial charge in [-0.25, -0.2) is 4.79 Å². The van der Waals surface area contributed by atoms with Gasteiger partial charge in [0.25, 0.3) is 0 Å². The molecule has 0 saturated carbocycles. The maximum Gasteiger partial charge on any atom is 0.319 e. The van der Waals surface area contributed by atoms with Gasteiger partial charge in [-0.05, 0) is 11.8 Å². The van der Waals surface area contributed by atoms with Crippen molar-refractivity contribution >= 4 is 17.8 Å². The van der Waals surface area contributed by atoms with Crippen LogP contribution in [0.3, 0.4) is 0 Å². The van der Waals surface area contributed by atoms with Gasteiger partial charge in [0.05, 0.1) is 5.37 Å². The second kappa shape index (κ2) is 3.51. The molecule has 1 rings (SSSR count). The number of carbonyl (C=O) groups excluding carboxylic acids is 1. The number of carbonyl (C=O) groups is 1. The molecule has 0 aromatic rings. The van der Waals surface area contributed by atoms with E-state index in [0.29, 0.717) is 0 Å². The first-order valence-electron chi connectivity index (χ1n) is 3.18. The van der Waals surface area contributed by atoms with Crippen molar-refractivity contribution in [2.45, 2.75) is 12.3 Å². The van der Waals surface area contributed by atoms with E-state index >= 15 is 0 Å². The van der Waals surface area contributed by atoms with Crippen LogP contribution in [-0.2, 0) is 0 Å². The fourth-order valence-corrected chi connectivity index (χ4v) is 1.45. The van der Waals surface area contributed by atoms with E-state index in [-0.39, 0.29) is 11.4 Å². The third-order valence-corrected chi connectivity index (χ3v) is 2.07. The Bertz CT molecular complexity index is 158. The van der Waals surface area contributed by atoms with E-state index in [9.17, 15) is 4.79 Å². The quantitative estimate of drug-likeness (QED) is 0.626. The van der Waals surface area contributed by atoms with E-state index in [0.717, 1.165) is 5.75 Å². The van der Waals surface area contributed by atoms with E-state index in [4.69, 9.17) is 0 Å². The average molecular weight is 158 g/mol. The maximum absolute atomic E-state index is 10.7. The lowest BCUT2D eigenvalue weighted by Crippen LogP contribution is -2.41. The molecule has 10 heavy (non-hydrogen) atoms. The molecule has 2 amide bonds. The molecule has 0 saturated heterocycles. The molecule has 0 aromatic carbocycles. The Kier molecular flexibility index (Phi) is 2.62. The van der Waals surface area contributed by atoms with E-state index in [1.54, 1.807) is 18.0 Å². The van der Waals surface area contributed by atoms with Crippen molar-refractivity contribution in [3.05, 3.63) is 12.3 Å². The molecule has 0 aliphatic carbocycles. The third-order valence-electron chi connectivity index (χ3n) is 1.11. The first-order valence-corrected chi connectivity index (χ1v) is 4.23. The summed E-state index contributed by atoms with van der Waals surface area (Å²) in [7, 11) is 0. The number of rotatable bonds is 2. The molecule has 1 unspecified atom stereocenters. The van der Waals surface area contributed by atoms with Gasteiger partial charge in [0, 0.05) is 6.20 Å². The molecule has 1 atom stereocenters. The van der Waals surface area contributed by atoms with Crippen LogP contribution in [0.2, 0.25) is 0 Å². The van der Waals surface area contributed by atoms with Gasteiger partial charge in [-0.1, -0.05) is 6.92 Å². The van der Waals surface area contributed by atoms with Gasteiger partial charge in [0.1, 0.15) is 0 Å². The molecule has 0 aromatic heterocycles. The first-order chi connectivity index (χ1) is 4.83. The van der Waals surface area contributed by atoms with Gasteiger partial charge in [-0.2, -0.15) is 0 Å². The molecule has 1 aliphatic heterocycles. The summed E-state index contributed by atoms with van der Waals surface area (Å²) in [6.07, 6.45) is 3.60. The van der Waals surface area contributed by atoms with Crippen LogP contribution in [0.15, 0.2) is 12.3 Å². The lowest BCUT2D eigenvalue weighted by atomic mass is 10.5. The Morgan fingerprint density at radius 1 is 1.80 bits per heavy atom. The Balaban J connectivity index is 2.39. The number of amides is 2. The topological polar surface area (TPSA) is 41.1 Å². The minimum atomic E-state index is -0.117. The van der Waals surface area contributed by atoms with Crippen LogP contribution in [0, 0.1) is 0 Å². The SMILES string of the molecule is CCSC1C=CNC(=O)N1. The molecule has 0 bridgehead atoms. The number of nitrogens with one attached hydrogen (secondary N) is 2. The monoisotopic (exact) mass is 158 g/mol. The smallest absolute Gasteiger partial charge is 0.319 e. The fraction of sp³-hybridized carbons (Fsp3) is 0.500. The molecule has 4 heteroatoms. The number of urea groups is 1. The van der Waals surface area contributed by atoms with E-state index < -0.39 is 0 Å². The van der Waals surface area contributed by atoms with Gasteiger partial charge in [-0.3, -0.25) is 0 Å². The fourth-order valence-electron chi connectivity index (χ4n) is 0.707. The van der Waals surface area contributed by atoms with E-state index in [1.165, 1.54) is 0 Å². The summed E-state index contributed by atoms with van der Waals surface area (Å²) < 4.78 is 0. The Morgan fingerprint density at radius 3 is 3.20 bits per heavy atom. The predicted molar refractivity (Wildman–Crippen MR) is 42.7 cm³/mol. The highest BCUT2D eigenvalue weighted by atomic mass is 32.2. The molecule has 3 nitrogen and oxygen atoms in total. The second-order valence-corrected chi connectivity index (χ2v) is 3.27. The molecule has 2 N–H and O–H groups in total. The Hall–Kier alpha value is -0.640. The summed E-state index contributed by atoms with van der Waals surface area (Å²) in [5.41, 5.74) is 0. The molecular weight excluding hydrogens is 148 g/mol. The zero-order valence-corrected chi connectivity index (χ0v) is 6.57. The highest BCUT2D eigenvalue weighted by Gasteiger charge is 2.10. The summed E-state index contributed by atoms with van der Waals surface area (Å²) in [6.45, 7) is 2.06. The normalized spacial score (nSPS) is 23.7. The van der Waals surface area contributed by atoms with Crippen molar-refractivity contribution in [2.24, 2.45) is 0 Å². The third kappa shape index (κ3) is 1.95. The second-order valence-electron chi connectivity index (χ2n) is 1.85. The van der Waals surface area contributed by atoms with Gasteiger partial charge in [0.2, 0.25) is 0 Å². The van der Waals surface area contributed by atoms with Crippen LogP contribution < -0.4 is 10.6 Å². The maximum atomic E-state index is 10.7. The molecular formula is C6H10N2OS. The number of hydrogen-bond acceptors (Lipinski definition) is 2. The predicted octanol–water partition coefficient (Wildman–Crippen LogP) is 0.892. The van der Waals surface area contributed by atoms with Gasteiger partial charge in [0.15, 0.2) is 0 Å². The summed E-state index contributed by atoms with van der Waals surface area (Å²) in [4.78, 5) is 10.7. The zero-order valence-electron chi connectivity index (χ0n) is 5.76. The minimum Gasteiger partial charge on any atom is -0.323 e. The van der Waals surface area contributed by atoms with Crippen molar-refractivity contribution in [3.8, 4) is 0 Å². The molecule has 1 aliphatic rings. The zero-order chi connectivity index (χ0) is 7.40. The summed E-state index contributed by atoms with van der Waals surface area (Å²) in [5, 5.41) is 5.42. The summed E-state index contributed by atoms with van der Waals surface area (Å²) in [6, 6.07) is -0.117. The lowest BCUT2D eigenvalue weighted by Gasteiger charge is -2.17. The molecule has 56 valence electrons. The highest BCUT2D eigenvalue weighted by Crippen LogP contribution is 2.09. The molecule has 0 fully saturated rings. The number of hydrogen-bond donors (Lipinski definition) is 2. The van der Waals surface area contributed by atoms with E-state index in [2.05, 4.69) is 17.6 Å². The minimum absolute atomic E-state index is 0.117. The van der Waals surface area contributed by atoms with Crippen LogP contribution >= 0.6 is 11.8 Å².